The first-order valence-electron chi connectivity index (χ1n) is 4.32. The molecule has 1 atom stereocenters. The van der Waals surface area contributed by atoms with Crippen molar-refractivity contribution in [2.45, 2.75) is 6.04 Å². The molecule has 0 aromatic heterocycles. The number of rotatable bonds is 4. The van der Waals surface area contributed by atoms with Gasteiger partial charge in [0.15, 0.2) is 0 Å². The van der Waals surface area contributed by atoms with E-state index in [9.17, 15) is 8.42 Å². The number of nitrogens with two attached hydrogens (primary N) is 1. The fourth-order valence-corrected chi connectivity index (χ4v) is 2.44. The van der Waals surface area contributed by atoms with E-state index in [1.807, 2.05) is 0 Å². The zero-order valence-electron chi connectivity index (χ0n) is 8.27. The number of hydrogen-bond acceptors (Lipinski definition) is 4. The summed E-state index contributed by atoms with van der Waals surface area (Å²) in [5.74, 6) is 5.23. The average Bonchev–Trinajstić information content (AvgIpc) is 2.14. The van der Waals surface area contributed by atoms with E-state index in [1.165, 1.54) is 0 Å². The molecular formula is C9H13ClN2O2S. The minimum atomic E-state index is -3.10. The van der Waals surface area contributed by atoms with Crippen molar-refractivity contribution in [1.29, 1.82) is 0 Å². The van der Waals surface area contributed by atoms with Crippen LogP contribution in [-0.2, 0) is 9.84 Å². The Morgan fingerprint density at radius 1 is 1.47 bits per heavy atom. The fourth-order valence-electron chi connectivity index (χ4n) is 1.29. The van der Waals surface area contributed by atoms with Crippen LogP contribution in [0.3, 0.4) is 0 Å². The highest BCUT2D eigenvalue weighted by atomic mass is 35.5. The Balaban J connectivity index is 2.98. The quantitative estimate of drug-likeness (QED) is 0.613. The van der Waals surface area contributed by atoms with Crippen molar-refractivity contribution >= 4 is 21.4 Å². The predicted molar refractivity (Wildman–Crippen MR) is 61.2 cm³/mol. The Morgan fingerprint density at radius 2 is 2.07 bits per heavy atom. The Morgan fingerprint density at radius 3 is 2.53 bits per heavy atom. The highest BCUT2D eigenvalue weighted by Gasteiger charge is 2.17. The van der Waals surface area contributed by atoms with Gasteiger partial charge >= 0.3 is 0 Å². The minimum absolute atomic E-state index is 0.0762. The molecule has 84 valence electrons. The van der Waals surface area contributed by atoms with Gasteiger partial charge in [-0.25, -0.2) is 8.42 Å². The summed E-state index contributed by atoms with van der Waals surface area (Å²) >= 11 is 5.94. The summed E-state index contributed by atoms with van der Waals surface area (Å²) in [5.41, 5.74) is 3.14. The molecule has 3 N–H and O–H groups in total. The standard InChI is InChI=1S/C9H13ClN2O2S/c1-15(13,14)6-9(12-11)7-4-2-3-5-8(7)10/h2-5,9,12H,6,11H2,1H3. The Hall–Kier alpha value is -0.620. The molecule has 0 saturated carbocycles. The van der Waals surface area contributed by atoms with Crippen molar-refractivity contribution in [1.82, 2.24) is 5.43 Å². The molecule has 0 aliphatic carbocycles. The lowest BCUT2D eigenvalue weighted by Gasteiger charge is -2.16. The minimum Gasteiger partial charge on any atom is -0.271 e. The first-order chi connectivity index (χ1) is 6.94. The second-order valence-corrected chi connectivity index (χ2v) is 5.93. The molecule has 0 aliphatic rings. The maximum absolute atomic E-state index is 11.1. The number of sulfone groups is 1. The van der Waals surface area contributed by atoms with Gasteiger partial charge in [-0.2, -0.15) is 0 Å². The van der Waals surface area contributed by atoms with Gasteiger partial charge in [0, 0.05) is 11.3 Å². The number of benzene rings is 1. The lowest BCUT2D eigenvalue weighted by molar-refractivity contribution is 0.564. The molecule has 6 heteroatoms. The van der Waals surface area contributed by atoms with Gasteiger partial charge < -0.3 is 0 Å². The van der Waals surface area contributed by atoms with Crippen LogP contribution in [-0.4, -0.2) is 20.4 Å². The van der Waals surface area contributed by atoms with E-state index < -0.39 is 15.9 Å². The van der Waals surface area contributed by atoms with Gasteiger partial charge in [-0.3, -0.25) is 11.3 Å². The SMILES string of the molecule is CS(=O)(=O)CC(NN)c1ccccc1Cl. The normalized spacial score (nSPS) is 13.8. The van der Waals surface area contributed by atoms with E-state index in [2.05, 4.69) is 5.43 Å². The third-order valence-corrected chi connectivity index (χ3v) is 3.23. The van der Waals surface area contributed by atoms with Crippen LogP contribution in [0.5, 0.6) is 0 Å². The van der Waals surface area contributed by atoms with Crippen molar-refractivity contribution in [3.8, 4) is 0 Å². The molecule has 0 spiro atoms. The van der Waals surface area contributed by atoms with Crippen LogP contribution < -0.4 is 11.3 Å². The summed E-state index contributed by atoms with van der Waals surface area (Å²) in [7, 11) is -3.10. The van der Waals surface area contributed by atoms with Crippen molar-refractivity contribution in [2.24, 2.45) is 5.84 Å². The summed E-state index contributed by atoms with van der Waals surface area (Å²) in [6, 6.07) is 6.53. The molecule has 1 aromatic carbocycles. The van der Waals surface area contributed by atoms with Crippen LogP contribution in [0.1, 0.15) is 11.6 Å². The molecule has 0 aliphatic heterocycles. The Bertz CT molecular complexity index is 433. The van der Waals surface area contributed by atoms with E-state index >= 15 is 0 Å². The Labute approximate surface area is 94.3 Å². The lowest BCUT2D eigenvalue weighted by atomic mass is 10.1. The van der Waals surface area contributed by atoms with Gasteiger partial charge in [0.05, 0.1) is 11.8 Å². The summed E-state index contributed by atoms with van der Waals surface area (Å²) in [5, 5.41) is 0.504. The third kappa shape index (κ3) is 3.79. The highest BCUT2D eigenvalue weighted by molar-refractivity contribution is 7.90. The zero-order chi connectivity index (χ0) is 11.5. The van der Waals surface area contributed by atoms with Crippen LogP contribution in [0.4, 0.5) is 0 Å². The predicted octanol–water partition coefficient (Wildman–Crippen LogP) is 0.889. The second kappa shape index (κ2) is 4.94. The topological polar surface area (TPSA) is 72.2 Å². The maximum atomic E-state index is 11.1. The van der Waals surface area contributed by atoms with Gasteiger partial charge in [-0.15, -0.1) is 0 Å². The molecule has 1 aromatic rings. The van der Waals surface area contributed by atoms with E-state index in [1.54, 1.807) is 24.3 Å². The summed E-state index contributed by atoms with van der Waals surface area (Å²) in [4.78, 5) is 0. The van der Waals surface area contributed by atoms with Crippen molar-refractivity contribution < 1.29 is 8.42 Å². The monoisotopic (exact) mass is 248 g/mol. The molecule has 4 nitrogen and oxygen atoms in total. The summed E-state index contributed by atoms with van der Waals surface area (Å²) in [6.07, 6.45) is 1.16. The molecule has 0 fully saturated rings. The van der Waals surface area contributed by atoms with Gasteiger partial charge in [-0.1, -0.05) is 29.8 Å². The first kappa shape index (κ1) is 12.4. The van der Waals surface area contributed by atoms with E-state index in [4.69, 9.17) is 17.4 Å². The van der Waals surface area contributed by atoms with Crippen molar-refractivity contribution in [2.75, 3.05) is 12.0 Å². The number of nitrogens with one attached hydrogen (secondary N) is 1. The van der Waals surface area contributed by atoms with E-state index in [0.717, 1.165) is 6.26 Å². The van der Waals surface area contributed by atoms with Crippen molar-refractivity contribution in [3.05, 3.63) is 34.9 Å². The molecule has 0 heterocycles. The first-order valence-corrected chi connectivity index (χ1v) is 6.76. The second-order valence-electron chi connectivity index (χ2n) is 3.33. The maximum Gasteiger partial charge on any atom is 0.149 e. The van der Waals surface area contributed by atoms with Crippen LogP contribution in [0, 0.1) is 0 Å². The third-order valence-electron chi connectivity index (χ3n) is 1.95. The summed E-state index contributed by atoms with van der Waals surface area (Å²) < 4.78 is 22.3. The van der Waals surface area contributed by atoms with Gasteiger partial charge in [0.2, 0.25) is 0 Å². The average molecular weight is 249 g/mol. The molecule has 15 heavy (non-hydrogen) atoms. The van der Waals surface area contributed by atoms with Crippen molar-refractivity contribution in [3.63, 3.8) is 0 Å². The zero-order valence-corrected chi connectivity index (χ0v) is 9.85. The molecule has 1 rings (SSSR count). The van der Waals surface area contributed by atoms with Crippen LogP contribution in [0.25, 0.3) is 0 Å². The number of hydrazine groups is 1. The molecule has 0 bridgehead atoms. The summed E-state index contributed by atoms with van der Waals surface area (Å²) in [6.45, 7) is 0. The van der Waals surface area contributed by atoms with Gasteiger partial charge in [-0.05, 0) is 11.6 Å². The lowest BCUT2D eigenvalue weighted by Crippen LogP contribution is -2.33. The van der Waals surface area contributed by atoms with Crippen LogP contribution >= 0.6 is 11.6 Å². The molecule has 0 radical (unpaired) electrons. The number of halogens is 1. The molecule has 0 saturated heterocycles. The number of hydrogen-bond donors (Lipinski definition) is 2. The molecule has 0 amide bonds. The van der Waals surface area contributed by atoms with E-state index in [0.29, 0.717) is 10.6 Å². The van der Waals surface area contributed by atoms with E-state index in [-0.39, 0.29) is 5.75 Å². The highest BCUT2D eigenvalue weighted by Crippen LogP contribution is 2.22. The van der Waals surface area contributed by atoms with Crippen LogP contribution in [0.2, 0.25) is 5.02 Å². The Kier molecular flexibility index (Phi) is 4.10. The van der Waals surface area contributed by atoms with Gasteiger partial charge in [0.25, 0.3) is 0 Å². The molecule has 1 unspecified atom stereocenters. The fraction of sp³-hybridized carbons (Fsp3) is 0.333. The smallest absolute Gasteiger partial charge is 0.149 e. The molecular weight excluding hydrogens is 236 g/mol. The van der Waals surface area contributed by atoms with Gasteiger partial charge in [0.1, 0.15) is 9.84 Å². The largest absolute Gasteiger partial charge is 0.271 e. The van der Waals surface area contributed by atoms with Crippen LogP contribution in [0.15, 0.2) is 24.3 Å².